The summed E-state index contributed by atoms with van der Waals surface area (Å²) in [6.07, 6.45) is 3.19. The lowest BCUT2D eigenvalue weighted by atomic mass is 10.1. The first-order valence-corrected chi connectivity index (χ1v) is 5.14. The molecule has 1 heterocycles. The number of pyridine rings is 1. The van der Waals surface area contributed by atoms with E-state index in [9.17, 15) is 9.18 Å². The molecule has 17 heavy (non-hydrogen) atoms. The monoisotopic (exact) mass is 230 g/mol. The molecule has 1 aromatic carbocycles. The lowest BCUT2D eigenvalue weighted by molar-refractivity contribution is 0.102. The smallest absolute Gasteiger partial charge is 0.256 e. The Morgan fingerprint density at radius 3 is 2.59 bits per heavy atom. The first kappa shape index (κ1) is 11.3. The summed E-state index contributed by atoms with van der Waals surface area (Å²) in [5.41, 5.74) is 1.92. The number of hydrogen-bond acceptors (Lipinski definition) is 2. The number of rotatable bonds is 2. The van der Waals surface area contributed by atoms with E-state index in [0.717, 1.165) is 5.56 Å². The molecule has 0 saturated carbocycles. The summed E-state index contributed by atoms with van der Waals surface area (Å²) in [6.45, 7) is 1.81. The van der Waals surface area contributed by atoms with Crippen LogP contribution in [0.25, 0.3) is 0 Å². The summed E-state index contributed by atoms with van der Waals surface area (Å²) in [5, 5.41) is 2.69. The van der Waals surface area contributed by atoms with Crippen molar-refractivity contribution in [2.45, 2.75) is 6.92 Å². The predicted octanol–water partition coefficient (Wildman–Crippen LogP) is 2.78. The normalized spacial score (nSPS) is 10.0. The maximum Gasteiger partial charge on any atom is 0.256 e. The molecule has 0 aliphatic carbocycles. The largest absolute Gasteiger partial charge is 0.322 e. The maximum atomic E-state index is 12.7. The van der Waals surface area contributed by atoms with E-state index in [0.29, 0.717) is 11.3 Å². The van der Waals surface area contributed by atoms with E-state index in [1.165, 1.54) is 24.3 Å². The number of hydrogen-bond donors (Lipinski definition) is 1. The highest BCUT2D eigenvalue weighted by molar-refractivity contribution is 6.05. The van der Waals surface area contributed by atoms with Crippen molar-refractivity contribution in [3.05, 3.63) is 59.7 Å². The minimum atomic E-state index is -0.330. The van der Waals surface area contributed by atoms with Crippen molar-refractivity contribution in [1.82, 2.24) is 4.98 Å². The van der Waals surface area contributed by atoms with E-state index in [1.54, 1.807) is 18.5 Å². The SMILES string of the molecule is Cc1cnccc1C(=O)Nc1ccc(F)cc1. The van der Waals surface area contributed by atoms with Gasteiger partial charge in [0.2, 0.25) is 0 Å². The van der Waals surface area contributed by atoms with Gasteiger partial charge in [-0.25, -0.2) is 4.39 Å². The molecule has 0 atom stereocenters. The van der Waals surface area contributed by atoms with Crippen molar-refractivity contribution in [2.24, 2.45) is 0 Å². The van der Waals surface area contributed by atoms with Crippen molar-refractivity contribution in [3.8, 4) is 0 Å². The fraction of sp³-hybridized carbons (Fsp3) is 0.0769. The molecule has 1 aromatic heterocycles. The molecule has 0 bridgehead atoms. The van der Waals surface area contributed by atoms with E-state index in [4.69, 9.17) is 0 Å². The Bertz CT molecular complexity index is 537. The number of anilines is 1. The Balaban J connectivity index is 2.17. The zero-order chi connectivity index (χ0) is 12.3. The third-order valence-corrected chi connectivity index (χ3v) is 2.37. The summed E-state index contributed by atoms with van der Waals surface area (Å²) >= 11 is 0. The van der Waals surface area contributed by atoms with Crippen molar-refractivity contribution < 1.29 is 9.18 Å². The van der Waals surface area contributed by atoms with Gasteiger partial charge in [0, 0.05) is 23.6 Å². The fourth-order valence-corrected chi connectivity index (χ4v) is 1.46. The third kappa shape index (κ3) is 2.66. The van der Waals surface area contributed by atoms with Crippen LogP contribution in [0.4, 0.5) is 10.1 Å². The van der Waals surface area contributed by atoms with Crippen LogP contribution in [0, 0.1) is 12.7 Å². The lowest BCUT2D eigenvalue weighted by Gasteiger charge is -2.06. The van der Waals surface area contributed by atoms with Gasteiger partial charge in [-0.2, -0.15) is 0 Å². The summed E-state index contributed by atoms with van der Waals surface area (Å²) < 4.78 is 12.7. The van der Waals surface area contributed by atoms with Crippen molar-refractivity contribution >= 4 is 11.6 Å². The lowest BCUT2D eigenvalue weighted by Crippen LogP contribution is -2.13. The zero-order valence-electron chi connectivity index (χ0n) is 9.27. The number of amides is 1. The second-order valence-electron chi connectivity index (χ2n) is 3.65. The molecule has 1 amide bonds. The predicted molar refractivity (Wildman–Crippen MR) is 63.3 cm³/mol. The van der Waals surface area contributed by atoms with Crippen LogP contribution in [-0.2, 0) is 0 Å². The van der Waals surface area contributed by atoms with Gasteiger partial charge in [0.1, 0.15) is 5.82 Å². The molecule has 86 valence electrons. The molecule has 2 aromatic rings. The van der Waals surface area contributed by atoms with Gasteiger partial charge in [0.05, 0.1) is 0 Å². The number of aromatic nitrogens is 1. The zero-order valence-corrected chi connectivity index (χ0v) is 9.27. The van der Waals surface area contributed by atoms with Crippen LogP contribution < -0.4 is 5.32 Å². The fourth-order valence-electron chi connectivity index (χ4n) is 1.46. The summed E-state index contributed by atoms with van der Waals surface area (Å²) in [7, 11) is 0. The standard InChI is InChI=1S/C13H11FN2O/c1-9-8-15-7-6-12(9)13(17)16-11-4-2-10(14)3-5-11/h2-8H,1H3,(H,16,17). The van der Waals surface area contributed by atoms with Gasteiger partial charge in [-0.15, -0.1) is 0 Å². The Morgan fingerprint density at radius 2 is 1.94 bits per heavy atom. The molecule has 0 unspecified atom stereocenters. The summed E-state index contributed by atoms with van der Waals surface area (Å²) in [4.78, 5) is 15.8. The van der Waals surface area contributed by atoms with Gasteiger partial charge in [0.15, 0.2) is 0 Å². The highest BCUT2D eigenvalue weighted by Crippen LogP contribution is 2.12. The molecule has 4 heteroatoms. The van der Waals surface area contributed by atoms with Gasteiger partial charge in [-0.3, -0.25) is 9.78 Å². The Hall–Kier alpha value is -2.23. The van der Waals surface area contributed by atoms with E-state index in [-0.39, 0.29) is 11.7 Å². The number of aryl methyl sites for hydroxylation is 1. The second kappa shape index (κ2) is 4.74. The number of carbonyl (C=O) groups excluding carboxylic acids is 1. The average Bonchev–Trinajstić information content (AvgIpc) is 2.32. The molecular formula is C13H11FN2O. The van der Waals surface area contributed by atoms with Crippen LogP contribution in [0.5, 0.6) is 0 Å². The van der Waals surface area contributed by atoms with Crippen LogP contribution in [-0.4, -0.2) is 10.9 Å². The average molecular weight is 230 g/mol. The molecule has 0 fully saturated rings. The molecular weight excluding hydrogens is 219 g/mol. The third-order valence-electron chi connectivity index (χ3n) is 2.37. The minimum Gasteiger partial charge on any atom is -0.322 e. The molecule has 2 rings (SSSR count). The van der Waals surface area contributed by atoms with E-state index in [2.05, 4.69) is 10.3 Å². The van der Waals surface area contributed by atoms with Crippen molar-refractivity contribution in [1.29, 1.82) is 0 Å². The summed E-state index contributed by atoms with van der Waals surface area (Å²) in [6, 6.07) is 7.28. The number of nitrogens with one attached hydrogen (secondary N) is 1. The first-order valence-electron chi connectivity index (χ1n) is 5.14. The van der Waals surface area contributed by atoms with E-state index < -0.39 is 0 Å². The molecule has 0 radical (unpaired) electrons. The van der Waals surface area contributed by atoms with Gasteiger partial charge in [0.25, 0.3) is 5.91 Å². The van der Waals surface area contributed by atoms with Crippen molar-refractivity contribution in [3.63, 3.8) is 0 Å². The first-order chi connectivity index (χ1) is 8.16. The molecule has 3 nitrogen and oxygen atoms in total. The van der Waals surface area contributed by atoms with E-state index in [1.807, 2.05) is 6.92 Å². The number of benzene rings is 1. The van der Waals surface area contributed by atoms with Crippen LogP contribution in [0.1, 0.15) is 15.9 Å². The number of carbonyl (C=O) groups is 1. The van der Waals surface area contributed by atoms with Gasteiger partial charge in [-0.1, -0.05) is 0 Å². The topological polar surface area (TPSA) is 42.0 Å². The molecule has 0 spiro atoms. The highest BCUT2D eigenvalue weighted by atomic mass is 19.1. The van der Waals surface area contributed by atoms with Crippen LogP contribution >= 0.6 is 0 Å². The molecule has 1 N–H and O–H groups in total. The van der Waals surface area contributed by atoms with E-state index >= 15 is 0 Å². The Morgan fingerprint density at radius 1 is 1.24 bits per heavy atom. The quantitative estimate of drug-likeness (QED) is 0.861. The molecule has 0 aliphatic rings. The highest BCUT2D eigenvalue weighted by Gasteiger charge is 2.08. The van der Waals surface area contributed by atoms with Crippen LogP contribution in [0.2, 0.25) is 0 Å². The van der Waals surface area contributed by atoms with Gasteiger partial charge in [-0.05, 0) is 42.8 Å². The maximum absolute atomic E-state index is 12.7. The van der Waals surface area contributed by atoms with Gasteiger partial charge < -0.3 is 5.32 Å². The second-order valence-corrected chi connectivity index (χ2v) is 3.65. The number of halogens is 1. The Kier molecular flexibility index (Phi) is 3.14. The molecule has 0 saturated heterocycles. The Labute approximate surface area is 98.3 Å². The van der Waals surface area contributed by atoms with Crippen LogP contribution in [0.3, 0.4) is 0 Å². The van der Waals surface area contributed by atoms with Crippen LogP contribution in [0.15, 0.2) is 42.7 Å². The summed E-state index contributed by atoms with van der Waals surface area (Å²) in [5.74, 6) is -0.556. The minimum absolute atomic E-state index is 0.225. The molecule has 0 aliphatic heterocycles. The van der Waals surface area contributed by atoms with Gasteiger partial charge >= 0.3 is 0 Å². The van der Waals surface area contributed by atoms with Crippen molar-refractivity contribution in [2.75, 3.05) is 5.32 Å². The number of nitrogens with zero attached hydrogens (tertiary/aromatic N) is 1.